The number of fused-ring (bicyclic) bond motifs is 2. The van der Waals surface area contributed by atoms with E-state index in [4.69, 9.17) is 13.9 Å². The predicted molar refractivity (Wildman–Crippen MR) is 59.0 cm³/mol. The second-order valence-corrected chi connectivity index (χ2v) is 3.81. The molecule has 0 N–H and O–H groups in total. The fourth-order valence-electron chi connectivity index (χ4n) is 1.56. The molecule has 0 unspecified atom stereocenters. The van der Waals surface area contributed by atoms with Crippen LogP contribution in [0.4, 0.5) is 0 Å². The summed E-state index contributed by atoms with van der Waals surface area (Å²) in [6, 6.07) is 3.27. The van der Waals surface area contributed by atoms with E-state index in [-0.39, 0.29) is 6.79 Å². The molecule has 0 atom stereocenters. The Hall–Kier alpha value is -1.56. The molecule has 1 aliphatic heterocycles. The maximum atomic E-state index is 11.6. The molecule has 0 aliphatic carbocycles. The summed E-state index contributed by atoms with van der Waals surface area (Å²) < 4.78 is 15.4. The number of hydrogen-bond donors (Lipinski definition) is 0. The topological polar surface area (TPSA) is 61.6 Å². The van der Waals surface area contributed by atoms with Crippen LogP contribution in [0.5, 0.6) is 11.5 Å². The van der Waals surface area contributed by atoms with Crippen LogP contribution >= 0.6 is 15.9 Å². The molecule has 1 aromatic carbocycles. The monoisotopic (exact) mass is 283 g/mol. The van der Waals surface area contributed by atoms with Crippen LogP contribution in [0.2, 0.25) is 0 Å². The fourth-order valence-corrected chi connectivity index (χ4v) is 1.80. The zero-order valence-electron chi connectivity index (χ0n) is 8.03. The van der Waals surface area contributed by atoms with Gasteiger partial charge >= 0.3 is 5.63 Å². The average Bonchev–Trinajstić information content (AvgIpc) is 2.73. The standard InChI is InChI=1S/C10H6BrNO4/c11-3-9-12-6-2-8-7(14-4-15-8)1-5(6)10(13)16-9/h1-2H,3-4H2. The number of ether oxygens (including phenoxy) is 2. The van der Waals surface area contributed by atoms with Crippen LogP contribution in [0, 0.1) is 0 Å². The smallest absolute Gasteiger partial charge is 0.346 e. The maximum absolute atomic E-state index is 11.6. The Morgan fingerprint density at radius 1 is 1.31 bits per heavy atom. The molecule has 5 nitrogen and oxygen atoms in total. The molecule has 0 spiro atoms. The molecular formula is C10H6BrNO4. The highest BCUT2D eigenvalue weighted by Gasteiger charge is 2.17. The lowest BCUT2D eigenvalue weighted by atomic mass is 10.2. The normalized spacial score (nSPS) is 13.3. The van der Waals surface area contributed by atoms with Crippen molar-refractivity contribution in [2.75, 3.05) is 6.79 Å². The van der Waals surface area contributed by atoms with Crippen molar-refractivity contribution in [3.8, 4) is 11.5 Å². The molecule has 16 heavy (non-hydrogen) atoms. The molecule has 2 heterocycles. The summed E-state index contributed by atoms with van der Waals surface area (Å²) in [5.74, 6) is 1.50. The van der Waals surface area contributed by atoms with Gasteiger partial charge in [0.1, 0.15) is 0 Å². The highest BCUT2D eigenvalue weighted by atomic mass is 79.9. The van der Waals surface area contributed by atoms with Gasteiger partial charge in [-0.1, -0.05) is 15.9 Å². The fraction of sp³-hybridized carbons (Fsp3) is 0.200. The first-order chi connectivity index (χ1) is 7.78. The molecule has 0 amide bonds. The quantitative estimate of drug-likeness (QED) is 0.747. The van der Waals surface area contributed by atoms with Gasteiger partial charge in [-0.3, -0.25) is 0 Å². The third kappa shape index (κ3) is 1.37. The molecule has 1 aliphatic rings. The first-order valence-electron chi connectivity index (χ1n) is 4.57. The average molecular weight is 284 g/mol. The molecule has 6 heteroatoms. The largest absolute Gasteiger partial charge is 0.454 e. The van der Waals surface area contributed by atoms with Gasteiger partial charge in [0.25, 0.3) is 0 Å². The lowest BCUT2D eigenvalue weighted by molar-refractivity contribution is 0.174. The van der Waals surface area contributed by atoms with Crippen LogP contribution in [0.3, 0.4) is 0 Å². The van der Waals surface area contributed by atoms with E-state index in [2.05, 4.69) is 20.9 Å². The molecule has 0 saturated carbocycles. The molecule has 3 rings (SSSR count). The van der Waals surface area contributed by atoms with E-state index in [9.17, 15) is 4.79 Å². The zero-order chi connectivity index (χ0) is 11.1. The lowest BCUT2D eigenvalue weighted by Crippen LogP contribution is -2.03. The van der Waals surface area contributed by atoms with Gasteiger partial charge in [0.05, 0.1) is 16.2 Å². The van der Waals surface area contributed by atoms with E-state index in [0.717, 1.165) is 0 Å². The van der Waals surface area contributed by atoms with Crippen molar-refractivity contribution >= 4 is 26.8 Å². The van der Waals surface area contributed by atoms with Gasteiger partial charge in [-0.2, -0.15) is 0 Å². The minimum atomic E-state index is -0.419. The van der Waals surface area contributed by atoms with E-state index in [1.165, 1.54) is 0 Å². The third-order valence-corrected chi connectivity index (χ3v) is 2.76. The maximum Gasteiger partial charge on any atom is 0.346 e. The number of rotatable bonds is 1. The summed E-state index contributed by atoms with van der Waals surface area (Å²) in [5, 5.41) is 0.793. The van der Waals surface area contributed by atoms with Crippen molar-refractivity contribution in [2.24, 2.45) is 0 Å². The van der Waals surface area contributed by atoms with Gasteiger partial charge < -0.3 is 13.9 Å². The van der Waals surface area contributed by atoms with Crippen LogP contribution in [-0.2, 0) is 5.33 Å². The van der Waals surface area contributed by atoms with Gasteiger partial charge in [-0.25, -0.2) is 9.78 Å². The Kier molecular flexibility index (Phi) is 2.10. The van der Waals surface area contributed by atoms with Crippen molar-refractivity contribution in [3.05, 3.63) is 28.4 Å². The molecule has 0 bridgehead atoms. The van der Waals surface area contributed by atoms with E-state index in [1.54, 1.807) is 12.1 Å². The van der Waals surface area contributed by atoms with Crippen LogP contribution < -0.4 is 15.1 Å². The Bertz CT molecular complexity index is 622. The van der Waals surface area contributed by atoms with Crippen LogP contribution in [0.15, 0.2) is 21.3 Å². The van der Waals surface area contributed by atoms with Crippen LogP contribution in [-0.4, -0.2) is 11.8 Å². The predicted octanol–water partition coefficient (Wildman–Crippen LogP) is 1.81. The first-order valence-corrected chi connectivity index (χ1v) is 5.69. The SMILES string of the molecule is O=c1oc(CBr)nc2cc3c(cc12)OCO3. The summed E-state index contributed by atoms with van der Waals surface area (Å²) in [6.45, 7) is 0.169. The zero-order valence-corrected chi connectivity index (χ0v) is 9.61. The van der Waals surface area contributed by atoms with Crippen molar-refractivity contribution < 1.29 is 13.9 Å². The number of aromatic nitrogens is 1. The van der Waals surface area contributed by atoms with Gasteiger partial charge in [0.2, 0.25) is 12.7 Å². The van der Waals surface area contributed by atoms with E-state index >= 15 is 0 Å². The summed E-state index contributed by atoms with van der Waals surface area (Å²) in [6.07, 6.45) is 0. The number of hydrogen-bond acceptors (Lipinski definition) is 5. The van der Waals surface area contributed by atoms with Crippen molar-refractivity contribution in [3.63, 3.8) is 0 Å². The number of alkyl halides is 1. The number of nitrogens with zero attached hydrogens (tertiary/aromatic N) is 1. The Morgan fingerprint density at radius 3 is 2.81 bits per heavy atom. The number of benzene rings is 1. The third-order valence-electron chi connectivity index (χ3n) is 2.28. The molecule has 2 aromatic rings. The summed E-state index contributed by atoms with van der Waals surface area (Å²) in [7, 11) is 0. The highest BCUT2D eigenvalue weighted by molar-refractivity contribution is 9.08. The van der Waals surface area contributed by atoms with E-state index in [0.29, 0.717) is 33.6 Å². The molecule has 82 valence electrons. The summed E-state index contributed by atoms with van der Waals surface area (Å²) in [5.41, 5.74) is 0.132. The molecule has 0 radical (unpaired) electrons. The van der Waals surface area contributed by atoms with Gasteiger partial charge in [-0.15, -0.1) is 0 Å². The first kappa shape index (κ1) is 9.65. The second-order valence-electron chi connectivity index (χ2n) is 3.25. The molecular weight excluding hydrogens is 278 g/mol. The van der Waals surface area contributed by atoms with Crippen molar-refractivity contribution in [1.82, 2.24) is 4.98 Å². The second kappa shape index (κ2) is 3.48. The van der Waals surface area contributed by atoms with E-state index in [1.807, 2.05) is 0 Å². The minimum Gasteiger partial charge on any atom is -0.454 e. The van der Waals surface area contributed by atoms with E-state index < -0.39 is 5.63 Å². The van der Waals surface area contributed by atoms with Gasteiger partial charge in [0.15, 0.2) is 11.5 Å². The van der Waals surface area contributed by atoms with Crippen molar-refractivity contribution in [1.29, 1.82) is 0 Å². The summed E-state index contributed by atoms with van der Waals surface area (Å²) in [4.78, 5) is 15.8. The van der Waals surface area contributed by atoms with Gasteiger partial charge in [-0.05, 0) is 0 Å². The molecule has 1 aromatic heterocycles. The summed E-state index contributed by atoms with van der Waals surface area (Å²) >= 11 is 3.19. The Balaban J connectivity index is 2.35. The van der Waals surface area contributed by atoms with Crippen LogP contribution in [0.25, 0.3) is 10.9 Å². The van der Waals surface area contributed by atoms with Crippen LogP contribution in [0.1, 0.15) is 5.89 Å². The molecule has 0 saturated heterocycles. The van der Waals surface area contributed by atoms with Crippen molar-refractivity contribution in [2.45, 2.75) is 5.33 Å². The Labute approximate surface area is 98.1 Å². The van der Waals surface area contributed by atoms with Gasteiger partial charge in [0, 0.05) is 12.1 Å². The number of halogens is 1. The Morgan fingerprint density at radius 2 is 2.06 bits per heavy atom. The highest BCUT2D eigenvalue weighted by Crippen LogP contribution is 2.34. The molecule has 0 fully saturated rings. The minimum absolute atomic E-state index is 0.169. The lowest BCUT2D eigenvalue weighted by Gasteiger charge is -2.00.